The first-order valence-electron chi connectivity index (χ1n) is 9.77. The van der Waals surface area contributed by atoms with Crippen LogP contribution in [0, 0.1) is 11.8 Å². The van der Waals surface area contributed by atoms with Crippen molar-refractivity contribution in [2.75, 3.05) is 26.2 Å². The topological polar surface area (TPSA) is 60.9 Å². The maximum atomic E-state index is 13.0. The Kier molecular flexibility index (Phi) is 5.82. The van der Waals surface area contributed by atoms with Crippen molar-refractivity contribution in [3.8, 4) is 0 Å². The number of nitrogens with zero attached hydrogens (tertiary/aromatic N) is 3. The highest BCUT2D eigenvalue weighted by Gasteiger charge is 2.51. The lowest BCUT2D eigenvalue weighted by atomic mass is 10.1. The molecule has 2 atom stereocenters. The number of benzene rings is 1. The maximum absolute atomic E-state index is 13.0. The fourth-order valence-electron chi connectivity index (χ4n) is 3.73. The fraction of sp³-hybridized carbons (Fsp3) is 0.571. The Balaban J connectivity index is 1.57. The summed E-state index contributed by atoms with van der Waals surface area (Å²) in [6.07, 6.45) is 0.641. The molecule has 2 unspecified atom stereocenters. The van der Waals surface area contributed by atoms with Crippen LogP contribution in [-0.2, 0) is 20.9 Å². The first-order valence-corrected chi connectivity index (χ1v) is 9.77. The predicted molar refractivity (Wildman–Crippen MR) is 103 cm³/mol. The van der Waals surface area contributed by atoms with Crippen molar-refractivity contribution < 1.29 is 14.4 Å². The summed E-state index contributed by atoms with van der Waals surface area (Å²) >= 11 is 0. The molecular formula is C21H29N3O3. The van der Waals surface area contributed by atoms with E-state index in [2.05, 4.69) is 0 Å². The Morgan fingerprint density at radius 3 is 2.15 bits per heavy atom. The second kappa shape index (κ2) is 8.11. The molecular weight excluding hydrogens is 342 g/mol. The molecule has 2 fully saturated rings. The minimum atomic E-state index is -0.200. The van der Waals surface area contributed by atoms with Gasteiger partial charge in [-0.1, -0.05) is 30.3 Å². The van der Waals surface area contributed by atoms with E-state index in [1.807, 2.05) is 54.0 Å². The Labute approximate surface area is 161 Å². The van der Waals surface area contributed by atoms with Crippen LogP contribution in [0.4, 0.5) is 0 Å². The molecule has 0 aromatic heterocycles. The van der Waals surface area contributed by atoms with Gasteiger partial charge in [0.2, 0.25) is 17.7 Å². The summed E-state index contributed by atoms with van der Waals surface area (Å²) in [7, 11) is 0. The monoisotopic (exact) mass is 371 g/mol. The minimum Gasteiger partial charge on any atom is -0.339 e. The quantitative estimate of drug-likeness (QED) is 0.792. The van der Waals surface area contributed by atoms with Crippen molar-refractivity contribution in [2.24, 2.45) is 11.8 Å². The van der Waals surface area contributed by atoms with Crippen LogP contribution < -0.4 is 0 Å². The van der Waals surface area contributed by atoms with Gasteiger partial charge in [-0.15, -0.1) is 0 Å². The van der Waals surface area contributed by atoms with Crippen molar-refractivity contribution >= 4 is 17.7 Å². The molecule has 0 spiro atoms. The molecule has 0 radical (unpaired) electrons. The lowest BCUT2D eigenvalue weighted by Gasteiger charge is -2.34. The van der Waals surface area contributed by atoms with Crippen LogP contribution in [-0.4, -0.2) is 64.6 Å². The van der Waals surface area contributed by atoms with Gasteiger partial charge < -0.3 is 14.7 Å². The lowest BCUT2D eigenvalue weighted by molar-refractivity contribution is -0.141. The third-order valence-corrected chi connectivity index (χ3v) is 5.56. The third-order valence-electron chi connectivity index (χ3n) is 5.56. The highest BCUT2D eigenvalue weighted by molar-refractivity contribution is 5.92. The molecule has 1 aromatic rings. The molecule has 0 bridgehead atoms. The molecule has 3 amide bonds. The molecule has 1 aliphatic heterocycles. The number of hydrogen-bond donors (Lipinski definition) is 0. The zero-order chi connectivity index (χ0) is 19.6. The highest BCUT2D eigenvalue weighted by Crippen LogP contribution is 2.42. The maximum Gasteiger partial charge on any atom is 0.227 e. The lowest BCUT2D eigenvalue weighted by Crippen LogP contribution is -2.50. The second-order valence-corrected chi connectivity index (χ2v) is 7.83. The van der Waals surface area contributed by atoms with Crippen LogP contribution in [0.15, 0.2) is 30.3 Å². The van der Waals surface area contributed by atoms with Crippen molar-refractivity contribution in [1.82, 2.24) is 14.7 Å². The molecule has 1 aliphatic carbocycles. The number of piperazine rings is 1. The highest BCUT2D eigenvalue weighted by atomic mass is 16.2. The van der Waals surface area contributed by atoms with E-state index in [-0.39, 0.29) is 35.6 Å². The van der Waals surface area contributed by atoms with Gasteiger partial charge in [-0.05, 0) is 25.8 Å². The smallest absolute Gasteiger partial charge is 0.227 e. The molecule has 1 saturated heterocycles. The van der Waals surface area contributed by atoms with E-state index in [4.69, 9.17) is 0 Å². The van der Waals surface area contributed by atoms with E-state index in [0.717, 1.165) is 5.56 Å². The van der Waals surface area contributed by atoms with Crippen molar-refractivity contribution in [2.45, 2.75) is 39.8 Å². The van der Waals surface area contributed by atoms with Gasteiger partial charge in [-0.25, -0.2) is 0 Å². The molecule has 3 rings (SSSR count). The van der Waals surface area contributed by atoms with Gasteiger partial charge in [0.05, 0.1) is 11.8 Å². The first kappa shape index (κ1) is 19.4. The van der Waals surface area contributed by atoms with Crippen LogP contribution in [0.25, 0.3) is 0 Å². The Bertz CT molecular complexity index is 696. The number of carbonyl (C=O) groups is 3. The molecule has 146 valence electrons. The van der Waals surface area contributed by atoms with Crippen molar-refractivity contribution in [3.05, 3.63) is 35.9 Å². The summed E-state index contributed by atoms with van der Waals surface area (Å²) in [5, 5.41) is 0. The first-order chi connectivity index (χ1) is 12.9. The van der Waals surface area contributed by atoms with Crippen molar-refractivity contribution in [3.63, 3.8) is 0 Å². The fourth-order valence-corrected chi connectivity index (χ4v) is 3.73. The van der Waals surface area contributed by atoms with Gasteiger partial charge in [0, 0.05) is 45.7 Å². The summed E-state index contributed by atoms with van der Waals surface area (Å²) in [6.45, 7) is 8.45. The standard InChI is InChI=1S/C21H29N3O3/c1-15(2)24(14-17-7-5-4-6-8-17)21(27)19-13-18(19)20(26)23-11-9-22(10-12-23)16(3)25/h4-8,15,18-19H,9-14H2,1-3H3. The summed E-state index contributed by atoms with van der Waals surface area (Å²) in [4.78, 5) is 42.6. The van der Waals surface area contributed by atoms with E-state index < -0.39 is 0 Å². The normalized spacial score (nSPS) is 21.9. The van der Waals surface area contributed by atoms with E-state index >= 15 is 0 Å². The van der Waals surface area contributed by atoms with E-state index in [1.54, 1.807) is 11.8 Å². The molecule has 6 heteroatoms. The van der Waals surface area contributed by atoms with Crippen LogP contribution >= 0.6 is 0 Å². The average Bonchev–Trinajstić information content (AvgIpc) is 3.46. The van der Waals surface area contributed by atoms with Crippen LogP contribution in [0.5, 0.6) is 0 Å². The summed E-state index contributed by atoms with van der Waals surface area (Å²) in [5.74, 6) is -0.197. The molecule has 1 saturated carbocycles. The average molecular weight is 371 g/mol. The zero-order valence-corrected chi connectivity index (χ0v) is 16.4. The number of hydrogen-bond acceptors (Lipinski definition) is 3. The molecule has 27 heavy (non-hydrogen) atoms. The van der Waals surface area contributed by atoms with Gasteiger partial charge in [-0.2, -0.15) is 0 Å². The van der Waals surface area contributed by atoms with E-state index in [9.17, 15) is 14.4 Å². The van der Waals surface area contributed by atoms with E-state index in [0.29, 0.717) is 39.1 Å². The Morgan fingerprint density at radius 1 is 1.00 bits per heavy atom. The van der Waals surface area contributed by atoms with Crippen LogP contribution in [0.3, 0.4) is 0 Å². The minimum absolute atomic E-state index is 0.0510. The second-order valence-electron chi connectivity index (χ2n) is 7.83. The Hall–Kier alpha value is -2.37. The summed E-state index contributed by atoms with van der Waals surface area (Å²) in [5.41, 5.74) is 1.10. The molecule has 2 aliphatic rings. The third kappa shape index (κ3) is 4.49. The summed E-state index contributed by atoms with van der Waals surface area (Å²) < 4.78 is 0. The zero-order valence-electron chi connectivity index (χ0n) is 16.4. The number of rotatable bonds is 5. The van der Waals surface area contributed by atoms with Gasteiger partial charge in [-0.3, -0.25) is 14.4 Å². The van der Waals surface area contributed by atoms with Crippen molar-refractivity contribution in [1.29, 1.82) is 0 Å². The van der Waals surface area contributed by atoms with Gasteiger partial charge >= 0.3 is 0 Å². The van der Waals surface area contributed by atoms with Crippen LogP contribution in [0.2, 0.25) is 0 Å². The van der Waals surface area contributed by atoms with Crippen LogP contribution in [0.1, 0.15) is 32.8 Å². The molecule has 1 heterocycles. The molecule has 6 nitrogen and oxygen atoms in total. The van der Waals surface area contributed by atoms with Gasteiger partial charge in [0.15, 0.2) is 0 Å². The Morgan fingerprint density at radius 2 is 1.59 bits per heavy atom. The van der Waals surface area contributed by atoms with E-state index in [1.165, 1.54) is 0 Å². The van der Waals surface area contributed by atoms with Gasteiger partial charge in [0.25, 0.3) is 0 Å². The van der Waals surface area contributed by atoms with Gasteiger partial charge in [0.1, 0.15) is 0 Å². The summed E-state index contributed by atoms with van der Waals surface area (Å²) in [6, 6.07) is 10.0. The number of amides is 3. The largest absolute Gasteiger partial charge is 0.339 e. The molecule has 1 aromatic carbocycles. The number of carbonyl (C=O) groups excluding carboxylic acids is 3. The SMILES string of the molecule is CC(=O)N1CCN(C(=O)C2CC2C(=O)N(Cc2ccccc2)C(C)C)CC1. The predicted octanol–water partition coefficient (Wildman–Crippen LogP) is 1.75. The molecule has 0 N–H and O–H groups in total.